The first-order chi connectivity index (χ1) is 21.6. The van der Waals surface area contributed by atoms with Crippen molar-refractivity contribution in [2.24, 2.45) is 0 Å². The number of piperidine rings is 1. The predicted molar refractivity (Wildman–Crippen MR) is 160 cm³/mol. The number of aromatic nitrogens is 2. The van der Waals surface area contributed by atoms with Crippen LogP contribution in [0.3, 0.4) is 0 Å². The van der Waals surface area contributed by atoms with E-state index in [0.29, 0.717) is 33.8 Å². The summed E-state index contributed by atoms with van der Waals surface area (Å²) in [6.45, 7) is 2.26. The van der Waals surface area contributed by atoms with Crippen molar-refractivity contribution in [1.82, 2.24) is 10.1 Å². The molecule has 13 heteroatoms. The summed E-state index contributed by atoms with van der Waals surface area (Å²) < 4.78 is 67.6. The van der Waals surface area contributed by atoms with Crippen molar-refractivity contribution >= 4 is 32.7 Å². The van der Waals surface area contributed by atoms with Crippen LogP contribution >= 0.6 is 11.3 Å². The number of methoxy groups -OCH3 is 2. The van der Waals surface area contributed by atoms with Gasteiger partial charge in [0.1, 0.15) is 28.5 Å². The number of thiazole rings is 1. The number of hydrogen-bond donors (Lipinski definition) is 0. The second kappa shape index (κ2) is 11.2. The Labute approximate surface area is 261 Å². The van der Waals surface area contributed by atoms with E-state index in [9.17, 15) is 18.0 Å². The second-order valence-corrected chi connectivity index (χ2v) is 13.2. The van der Waals surface area contributed by atoms with Gasteiger partial charge in [-0.05, 0) is 69.7 Å². The standard InChI is InChI=1S/C32H32F3N3O6S/c1-31(42-16-22-26(37-44-28(22)17-8-9-17)21-6-4-5-7-23(21)43-32(33,34)35)14-19-10-11-20(15-31)38(19)30-36-27-24(40-2)12-18(29(39)41-3)13-25(27)45-30/h4-7,12-13,17,19-20H,8-11,14-16H2,1-3H3. The van der Waals surface area contributed by atoms with E-state index >= 15 is 0 Å². The fourth-order valence-electron chi connectivity index (χ4n) is 6.82. The van der Waals surface area contributed by atoms with Crippen molar-refractivity contribution < 1.29 is 41.4 Å². The van der Waals surface area contributed by atoms with Crippen molar-refractivity contribution in [1.29, 1.82) is 0 Å². The van der Waals surface area contributed by atoms with Crippen LogP contribution in [-0.4, -0.2) is 54.4 Å². The molecule has 238 valence electrons. The predicted octanol–water partition coefficient (Wildman–Crippen LogP) is 7.63. The molecular formula is C32H32F3N3O6S. The van der Waals surface area contributed by atoms with E-state index in [1.165, 1.54) is 30.6 Å². The molecule has 2 saturated heterocycles. The zero-order chi connectivity index (χ0) is 31.5. The SMILES string of the molecule is COC(=O)c1cc(OC)c2nc(N3C4CCC3CC(C)(OCc3c(-c5ccccc5OC(F)(F)F)noc3C3CC3)C4)sc2c1. The fourth-order valence-corrected chi connectivity index (χ4v) is 7.99. The Kier molecular flexibility index (Phi) is 7.43. The topological polar surface area (TPSA) is 96.2 Å². The Hall–Kier alpha value is -3.84. The second-order valence-electron chi connectivity index (χ2n) is 12.1. The Morgan fingerprint density at radius 3 is 2.49 bits per heavy atom. The Bertz CT molecular complexity index is 1740. The highest BCUT2D eigenvalue weighted by Crippen LogP contribution is 2.49. The number of rotatable bonds is 9. The normalized spacial score (nSPS) is 23.0. The summed E-state index contributed by atoms with van der Waals surface area (Å²) in [5.41, 5.74) is 1.83. The minimum atomic E-state index is -4.84. The molecule has 2 bridgehead atoms. The summed E-state index contributed by atoms with van der Waals surface area (Å²) in [4.78, 5) is 19.5. The molecule has 2 aromatic carbocycles. The van der Waals surface area contributed by atoms with Crippen LogP contribution in [-0.2, 0) is 16.1 Å². The number of carbonyl (C=O) groups excluding carboxylic acids is 1. The van der Waals surface area contributed by atoms with Gasteiger partial charge in [-0.25, -0.2) is 9.78 Å². The third-order valence-corrected chi connectivity index (χ3v) is 9.98. The van der Waals surface area contributed by atoms with Crippen LogP contribution in [0.5, 0.6) is 11.5 Å². The molecule has 0 amide bonds. The van der Waals surface area contributed by atoms with E-state index in [2.05, 4.69) is 21.7 Å². The van der Waals surface area contributed by atoms with Crippen molar-refractivity contribution in [2.75, 3.05) is 19.1 Å². The first-order valence-corrected chi connectivity index (χ1v) is 15.7. The van der Waals surface area contributed by atoms with E-state index in [1.54, 1.807) is 31.4 Å². The zero-order valence-electron chi connectivity index (χ0n) is 25.0. The number of hydrogen-bond acceptors (Lipinski definition) is 10. The van der Waals surface area contributed by atoms with Gasteiger partial charge >= 0.3 is 12.3 Å². The van der Waals surface area contributed by atoms with Crippen LogP contribution in [0.15, 0.2) is 40.9 Å². The summed E-state index contributed by atoms with van der Waals surface area (Å²) in [7, 11) is 2.90. The molecule has 3 fully saturated rings. The Morgan fingerprint density at radius 2 is 1.82 bits per heavy atom. The lowest BCUT2D eigenvalue weighted by Crippen LogP contribution is -2.51. The number of fused-ring (bicyclic) bond motifs is 3. The molecule has 7 rings (SSSR count). The highest BCUT2D eigenvalue weighted by Gasteiger charge is 2.48. The molecule has 1 saturated carbocycles. The number of ether oxygens (including phenoxy) is 4. The highest BCUT2D eigenvalue weighted by molar-refractivity contribution is 7.22. The van der Waals surface area contributed by atoms with Crippen LogP contribution < -0.4 is 14.4 Å². The first kappa shape index (κ1) is 29.8. The van der Waals surface area contributed by atoms with E-state index in [4.69, 9.17) is 23.7 Å². The van der Waals surface area contributed by atoms with Gasteiger partial charge in [-0.3, -0.25) is 0 Å². The number of alkyl halides is 3. The lowest BCUT2D eigenvalue weighted by atomic mass is 9.87. The summed E-state index contributed by atoms with van der Waals surface area (Å²) in [5.74, 6) is 0.609. The molecule has 4 aromatic rings. The maximum absolute atomic E-state index is 13.2. The molecule has 4 heterocycles. The van der Waals surface area contributed by atoms with Crippen LogP contribution in [0.1, 0.15) is 73.0 Å². The molecular weight excluding hydrogens is 611 g/mol. The van der Waals surface area contributed by atoms with Crippen molar-refractivity contribution in [2.45, 2.75) is 82.0 Å². The summed E-state index contributed by atoms with van der Waals surface area (Å²) in [6.07, 6.45) is 0.499. The zero-order valence-corrected chi connectivity index (χ0v) is 25.8. The summed E-state index contributed by atoms with van der Waals surface area (Å²) in [5, 5.41) is 5.09. The van der Waals surface area contributed by atoms with Crippen molar-refractivity contribution in [3.63, 3.8) is 0 Å². The van der Waals surface area contributed by atoms with Gasteiger partial charge in [0.05, 0.1) is 36.7 Å². The van der Waals surface area contributed by atoms with Gasteiger partial charge in [-0.2, -0.15) is 0 Å². The van der Waals surface area contributed by atoms with Crippen LogP contribution in [0.25, 0.3) is 21.5 Å². The molecule has 3 aliphatic rings. The van der Waals surface area contributed by atoms with Gasteiger partial charge in [0.2, 0.25) is 0 Å². The quantitative estimate of drug-likeness (QED) is 0.171. The molecule has 1 aliphatic carbocycles. The van der Waals surface area contributed by atoms with Crippen LogP contribution in [0, 0.1) is 0 Å². The number of esters is 1. The maximum Gasteiger partial charge on any atom is 0.573 e. The molecule has 2 unspecified atom stereocenters. The number of anilines is 1. The average molecular weight is 644 g/mol. The third-order valence-electron chi connectivity index (χ3n) is 8.96. The van der Waals surface area contributed by atoms with Gasteiger partial charge in [0.25, 0.3) is 0 Å². The van der Waals surface area contributed by atoms with Gasteiger partial charge in [0, 0.05) is 29.1 Å². The van der Waals surface area contributed by atoms with Crippen molar-refractivity contribution in [3.8, 4) is 22.8 Å². The number of benzene rings is 2. The monoisotopic (exact) mass is 643 g/mol. The van der Waals surface area contributed by atoms with E-state index in [-0.39, 0.29) is 35.9 Å². The molecule has 2 aromatic heterocycles. The number of halogens is 3. The number of para-hydroxylation sites is 1. The molecule has 0 spiro atoms. The largest absolute Gasteiger partial charge is 0.573 e. The maximum atomic E-state index is 13.2. The van der Waals surface area contributed by atoms with E-state index < -0.39 is 17.9 Å². The molecule has 45 heavy (non-hydrogen) atoms. The molecule has 0 radical (unpaired) electrons. The third kappa shape index (κ3) is 5.71. The smallest absolute Gasteiger partial charge is 0.494 e. The molecule has 9 nitrogen and oxygen atoms in total. The Morgan fingerprint density at radius 1 is 1.09 bits per heavy atom. The molecule has 2 atom stereocenters. The van der Waals surface area contributed by atoms with E-state index in [0.717, 1.165) is 48.4 Å². The minimum absolute atomic E-state index is 0.162. The number of carbonyl (C=O) groups is 1. The lowest BCUT2D eigenvalue weighted by Gasteiger charge is -2.44. The summed E-state index contributed by atoms with van der Waals surface area (Å²) >= 11 is 1.52. The van der Waals surface area contributed by atoms with Crippen molar-refractivity contribution in [3.05, 3.63) is 53.3 Å². The van der Waals surface area contributed by atoms with Crippen LogP contribution in [0.2, 0.25) is 0 Å². The van der Waals surface area contributed by atoms with Gasteiger partial charge in [-0.15, -0.1) is 13.2 Å². The average Bonchev–Trinajstić information content (AvgIpc) is 3.51. The van der Waals surface area contributed by atoms with Crippen LogP contribution in [0.4, 0.5) is 18.3 Å². The van der Waals surface area contributed by atoms with Gasteiger partial charge in [0.15, 0.2) is 5.13 Å². The summed E-state index contributed by atoms with van der Waals surface area (Å²) in [6, 6.07) is 9.79. The van der Waals surface area contributed by atoms with E-state index in [1.807, 2.05) is 0 Å². The highest BCUT2D eigenvalue weighted by atomic mass is 32.1. The number of nitrogens with zero attached hydrogens (tertiary/aromatic N) is 3. The molecule has 0 N–H and O–H groups in total. The Balaban J connectivity index is 1.13. The first-order valence-electron chi connectivity index (χ1n) is 14.9. The van der Waals surface area contributed by atoms with Gasteiger partial charge in [-0.1, -0.05) is 28.6 Å². The van der Waals surface area contributed by atoms with Gasteiger partial charge < -0.3 is 28.4 Å². The minimum Gasteiger partial charge on any atom is -0.494 e. The molecule has 2 aliphatic heterocycles. The fraction of sp³-hybridized carbons (Fsp3) is 0.469. The lowest BCUT2D eigenvalue weighted by molar-refractivity contribution is -0.274.